The monoisotopic (exact) mass is 300 g/mol. The van der Waals surface area contributed by atoms with Gasteiger partial charge in [0, 0.05) is 11.5 Å². The van der Waals surface area contributed by atoms with E-state index in [0.717, 1.165) is 6.20 Å². The molecule has 2 N–H and O–H groups in total. The fourth-order valence-electron chi connectivity index (χ4n) is 1.10. The van der Waals surface area contributed by atoms with Gasteiger partial charge in [-0.3, -0.25) is 4.98 Å². The maximum atomic E-state index is 12.5. The summed E-state index contributed by atoms with van der Waals surface area (Å²) in [5.74, 6) is 0. The Morgan fingerprint density at radius 3 is 2.53 bits per heavy atom. The predicted octanol–water partition coefficient (Wildman–Crippen LogP) is 1.56. The van der Waals surface area contributed by atoms with E-state index in [9.17, 15) is 17.2 Å². The van der Waals surface area contributed by atoms with Crippen LogP contribution in [0.15, 0.2) is 17.2 Å². The smallest absolute Gasteiger partial charge is 0.254 e. The van der Waals surface area contributed by atoms with Crippen LogP contribution in [0.25, 0.3) is 0 Å². The summed E-state index contributed by atoms with van der Waals surface area (Å²) >= 11 is 2.99. The average Bonchev–Trinajstić information content (AvgIpc) is 2.15. The molecule has 15 heavy (non-hydrogen) atoms. The van der Waals surface area contributed by atoms with Crippen LogP contribution in [-0.4, -0.2) is 13.4 Å². The zero-order valence-electron chi connectivity index (χ0n) is 7.32. The molecule has 0 atom stereocenters. The molecule has 0 radical (unpaired) electrons. The molecule has 84 valence electrons. The summed E-state index contributed by atoms with van der Waals surface area (Å²) in [6.07, 6.45) is -1.86. The van der Waals surface area contributed by atoms with E-state index in [1.807, 2.05) is 0 Å². The summed E-state index contributed by atoms with van der Waals surface area (Å²) in [5, 5.41) is 4.96. The lowest BCUT2D eigenvalue weighted by Crippen LogP contribution is -2.18. The van der Waals surface area contributed by atoms with E-state index in [1.165, 1.54) is 6.07 Å². The first-order valence-corrected chi connectivity index (χ1v) is 6.39. The maximum Gasteiger partial charge on any atom is 0.281 e. The summed E-state index contributed by atoms with van der Waals surface area (Å²) in [5.41, 5.74) is -0.641. The molecule has 1 heterocycles. The van der Waals surface area contributed by atoms with Crippen LogP contribution in [0, 0.1) is 0 Å². The Kier molecular flexibility index (Phi) is 3.74. The molecule has 0 aromatic carbocycles. The number of alkyl halides is 3. The SMILES string of the molecule is NS(=O)(=O)c1c(CBr)ccnc1C(F)F. The number of halogens is 3. The van der Waals surface area contributed by atoms with Crippen molar-refractivity contribution in [3.63, 3.8) is 0 Å². The zero-order valence-corrected chi connectivity index (χ0v) is 9.72. The van der Waals surface area contributed by atoms with Gasteiger partial charge < -0.3 is 0 Å². The quantitative estimate of drug-likeness (QED) is 0.861. The van der Waals surface area contributed by atoms with E-state index >= 15 is 0 Å². The van der Waals surface area contributed by atoms with Gasteiger partial charge in [0.25, 0.3) is 6.43 Å². The highest BCUT2D eigenvalue weighted by Crippen LogP contribution is 2.27. The number of aromatic nitrogens is 1. The van der Waals surface area contributed by atoms with E-state index in [2.05, 4.69) is 20.9 Å². The molecule has 0 saturated heterocycles. The van der Waals surface area contributed by atoms with E-state index in [0.29, 0.717) is 0 Å². The van der Waals surface area contributed by atoms with Gasteiger partial charge in [-0.05, 0) is 11.6 Å². The molecule has 0 bridgehead atoms. The van der Waals surface area contributed by atoms with Gasteiger partial charge in [-0.15, -0.1) is 0 Å². The predicted molar refractivity (Wildman–Crippen MR) is 53.2 cm³/mol. The number of rotatable bonds is 3. The molecule has 1 rings (SSSR count). The Labute approximate surface area is 93.7 Å². The van der Waals surface area contributed by atoms with Crippen LogP contribution in [0.4, 0.5) is 8.78 Å². The average molecular weight is 301 g/mol. The molecule has 0 aliphatic rings. The third-order valence-corrected chi connectivity index (χ3v) is 3.29. The van der Waals surface area contributed by atoms with Crippen molar-refractivity contribution in [3.8, 4) is 0 Å². The second-order valence-corrected chi connectivity index (χ2v) is 4.72. The molecule has 1 aromatic heterocycles. The second kappa shape index (κ2) is 4.50. The minimum atomic E-state index is -4.19. The van der Waals surface area contributed by atoms with Crippen molar-refractivity contribution in [1.29, 1.82) is 0 Å². The number of primary sulfonamides is 1. The Bertz CT molecular complexity index is 464. The molecule has 4 nitrogen and oxygen atoms in total. The molecule has 0 aliphatic heterocycles. The Morgan fingerprint density at radius 1 is 1.53 bits per heavy atom. The molecule has 0 fully saturated rings. The minimum absolute atomic E-state index is 0.112. The van der Waals surface area contributed by atoms with Crippen LogP contribution in [-0.2, 0) is 15.4 Å². The van der Waals surface area contributed by atoms with Crippen molar-refractivity contribution in [1.82, 2.24) is 4.98 Å². The Morgan fingerprint density at radius 2 is 2.13 bits per heavy atom. The summed E-state index contributed by atoms with van der Waals surface area (Å²) in [4.78, 5) is 2.72. The first kappa shape index (κ1) is 12.5. The lowest BCUT2D eigenvalue weighted by Gasteiger charge is -2.09. The second-order valence-electron chi connectivity index (χ2n) is 2.66. The van der Waals surface area contributed by atoms with Gasteiger partial charge in [0.05, 0.1) is 0 Å². The van der Waals surface area contributed by atoms with E-state index in [-0.39, 0.29) is 10.9 Å². The number of sulfonamides is 1. The summed E-state index contributed by atoms with van der Waals surface area (Å²) in [6.45, 7) is 0. The van der Waals surface area contributed by atoms with Crippen LogP contribution in [0.5, 0.6) is 0 Å². The van der Waals surface area contributed by atoms with E-state index in [4.69, 9.17) is 5.14 Å². The zero-order chi connectivity index (χ0) is 11.6. The number of hydrogen-bond acceptors (Lipinski definition) is 3. The van der Waals surface area contributed by atoms with Gasteiger partial charge in [-0.2, -0.15) is 0 Å². The molecule has 1 aromatic rings. The Hall–Kier alpha value is -0.600. The first-order valence-electron chi connectivity index (χ1n) is 3.72. The normalized spacial score (nSPS) is 12.1. The molecule has 0 amide bonds. The third kappa shape index (κ3) is 2.70. The van der Waals surface area contributed by atoms with Crippen molar-refractivity contribution in [3.05, 3.63) is 23.5 Å². The van der Waals surface area contributed by atoms with E-state index < -0.39 is 27.0 Å². The van der Waals surface area contributed by atoms with Crippen LogP contribution in [0.1, 0.15) is 17.7 Å². The lowest BCUT2D eigenvalue weighted by molar-refractivity contribution is 0.142. The number of pyridine rings is 1. The van der Waals surface area contributed by atoms with Gasteiger partial charge in [0.15, 0.2) is 0 Å². The third-order valence-electron chi connectivity index (χ3n) is 1.65. The van der Waals surface area contributed by atoms with Gasteiger partial charge >= 0.3 is 0 Å². The molecule has 0 aliphatic carbocycles. The van der Waals surface area contributed by atoms with Gasteiger partial charge in [-0.1, -0.05) is 15.9 Å². The van der Waals surface area contributed by atoms with Crippen LogP contribution in [0.3, 0.4) is 0 Å². The highest BCUT2D eigenvalue weighted by molar-refractivity contribution is 9.08. The molecule has 8 heteroatoms. The van der Waals surface area contributed by atoms with Crippen LogP contribution in [0.2, 0.25) is 0 Å². The summed E-state index contributed by atoms with van der Waals surface area (Å²) in [6, 6.07) is 1.32. The van der Waals surface area contributed by atoms with Crippen LogP contribution < -0.4 is 5.14 Å². The topological polar surface area (TPSA) is 73.1 Å². The van der Waals surface area contributed by atoms with Crippen molar-refractivity contribution >= 4 is 26.0 Å². The van der Waals surface area contributed by atoms with Crippen molar-refractivity contribution in [2.75, 3.05) is 0 Å². The summed E-state index contributed by atoms with van der Waals surface area (Å²) in [7, 11) is -4.19. The lowest BCUT2D eigenvalue weighted by atomic mass is 10.2. The highest BCUT2D eigenvalue weighted by Gasteiger charge is 2.24. The molecule has 0 saturated carbocycles. The summed E-state index contributed by atoms with van der Waals surface area (Å²) < 4.78 is 47.2. The van der Waals surface area contributed by atoms with Crippen LogP contribution >= 0.6 is 15.9 Å². The number of nitrogens with two attached hydrogens (primary N) is 1. The van der Waals surface area contributed by atoms with Crippen molar-refractivity contribution in [2.45, 2.75) is 16.7 Å². The fourth-order valence-corrected chi connectivity index (χ4v) is 2.69. The molecular weight excluding hydrogens is 294 g/mol. The standard InChI is InChI=1S/C7H7BrF2N2O2S/c8-3-4-1-2-12-5(7(9)10)6(4)15(11,13)14/h1-2,7H,3H2,(H2,11,13,14). The molecule has 0 unspecified atom stereocenters. The fraction of sp³-hybridized carbons (Fsp3) is 0.286. The van der Waals surface area contributed by atoms with Crippen molar-refractivity contribution < 1.29 is 17.2 Å². The number of hydrogen-bond donors (Lipinski definition) is 1. The largest absolute Gasteiger partial charge is 0.281 e. The maximum absolute atomic E-state index is 12.5. The highest BCUT2D eigenvalue weighted by atomic mass is 79.9. The molecule has 0 spiro atoms. The van der Waals surface area contributed by atoms with Gasteiger partial charge in [0.2, 0.25) is 10.0 Å². The number of nitrogens with zero attached hydrogens (tertiary/aromatic N) is 1. The van der Waals surface area contributed by atoms with E-state index in [1.54, 1.807) is 0 Å². The Balaban J connectivity index is 3.55. The van der Waals surface area contributed by atoms with Crippen molar-refractivity contribution in [2.24, 2.45) is 5.14 Å². The van der Waals surface area contributed by atoms with Gasteiger partial charge in [0.1, 0.15) is 10.6 Å². The first-order chi connectivity index (χ1) is 6.88. The van der Waals surface area contributed by atoms with Gasteiger partial charge in [-0.25, -0.2) is 22.3 Å². The minimum Gasteiger partial charge on any atom is -0.254 e. The molecular formula is C7H7BrF2N2O2S.